The highest BCUT2D eigenvalue weighted by Crippen LogP contribution is 2.30. The van der Waals surface area contributed by atoms with Crippen LogP contribution in [0.25, 0.3) is 0 Å². The summed E-state index contributed by atoms with van der Waals surface area (Å²) in [5.74, 6) is -0.187. The number of hydrogen-bond acceptors (Lipinski definition) is 6. The molecule has 0 saturated carbocycles. The molecule has 2 aliphatic rings. The van der Waals surface area contributed by atoms with Gasteiger partial charge >= 0.3 is 5.97 Å². The van der Waals surface area contributed by atoms with Crippen LogP contribution in [0, 0.1) is 5.92 Å². The van der Waals surface area contributed by atoms with E-state index in [1.54, 1.807) is 42.6 Å². The van der Waals surface area contributed by atoms with Gasteiger partial charge in [-0.3, -0.25) is 9.78 Å². The molecule has 1 aromatic carbocycles. The van der Waals surface area contributed by atoms with Crippen LogP contribution in [-0.4, -0.2) is 43.2 Å². The molecule has 1 atom stereocenters. The number of sulfonamides is 1. The summed E-state index contributed by atoms with van der Waals surface area (Å²) in [4.78, 5) is 18.7. The maximum Gasteiger partial charge on any atom is 0.311 e. The number of likely N-dealkylation sites (tertiary alicyclic amines) is 1. The van der Waals surface area contributed by atoms with Crippen molar-refractivity contribution < 1.29 is 17.9 Å². The first-order valence-electron chi connectivity index (χ1n) is 8.80. The molecule has 0 spiro atoms. The Labute approximate surface area is 157 Å². The Morgan fingerprint density at radius 2 is 2.00 bits per heavy atom. The van der Waals surface area contributed by atoms with Gasteiger partial charge in [-0.05, 0) is 37.1 Å². The Balaban J connectivity index is 1.47. The number of carbonyl (C=O) groups excluding carboxylic acids is 1. The first kappa shape index (κ1) is 17.7. The van der Waals surface area contributed by atoms with Gasteiger partial charge in [-0.25, -0.2) is 0 Å². The van der Waals surface area contributed by atoms with E-state index < -0.39 is 10.0 Å². The van der Waals surface area contributed by atoms with E-state index in [1.165, 1.54) is 0 Å². The SMILES string of the molecule is O=C(OCc1ccccn1)C1CCCN(C2=NS(=O)(=O)c3ccccc32)C1. The molecule has 1 aromatic heterocycles. The maximum absolute atomic E-state index is 12.5. The second kappa shape index (κ2) is 7.11. The first-order valence-corrected chi connectivity index (χ1v) is 10.2. The largest absolute Gasteiger partial charge is 0.459 e. The summed E-state index contributed by atoms with van der Waals surface area (Å²) >= 11 is 0. The smallest absolute Gasteiger partial charge is 0.311 e. The lowest BCUT2D eigenvalue weighted by molar-refractivity contribution is -0.151. The molecule has 27 heavy (non-hydrogen) atoms. The Hall–Kier alpha value is -2.74. The van der Waals surface area contributed by atoms with Crippen molar-refractivity contribution in [3.63, 3.8) is 0 Å². The Morgan fingerprint density at radius 3 is 2.81 bits per heavy atom. The number of ether oxygens (including phenoxy) is 1. The van der Waals surface area contributed by atoms with Crippen LogP contribution >= 0.6 is 0 Å². The summed E-state index contributed by atoms with van der Waals surface area (Å²) < 4.78 is 33.9. The summed E-state index contributed by atoms with van der Waals surface area (Å²) in [6.07, 6.45) is 3.13. The third-order valence-corrected chi connectivity index (χ3v) is 6.08. The van der Waals surface area contributed by atoms with Crippen LogP contribution in [0.3, 0.4) is 0 Å². The van der Waals surface area contributed by atoms with Gasteiger partial charge < -0.3 is 9.64 Å². The van der Waals surface area contributed by atoms with Gasteiger partial charge in [-0.1, -0.05) is 18.2 Å². The van der Waals surface area contributed by atoms with Crippen molar-refractivity contribution in [1.29, 1.82) is 0 Å². The number of esters is 1. The molecule has 0 N–H and O–H groups in total. The zero-order valence-electron chi connectivity index (χ0n) is 14.6. The zero-order valence-corrected chi connectivity index (χ0v) is 15.4. The maximum atomic E-state index is 12.5. The second-order valence-corrected chi connectivity index (χ2v) is 8.17. The Kier molecular flexibility index (Phi) is 4.65. The highest BCUT2D eigenvalue weighted by Gasteiger charge is 2.35. The van der Waals surface area contributed by atoms with Crippen LogP contribution < -0.4 is 0 Å². The molecule has 8 heteroatoms. The van der Waals surface area contributed by atoms with Gasteiger partial charge in [0.1, 0.15) is 11.5 Å². The predicted molar refractivity (Wildman–Crippen MR) is 98.5 cm³/mol. The molecule has 3 heterocycles. The third kappa shape index (κ3) is 3.57. The summed E-state index contributed by atoms with van der Waals surface area (Å²) in [5, 5.41) is 0. The van der Waals surface area contributed by atoms with E-state index in [1.807, 2.05) is 11.0 Å². The number of pyridine rings is 1. The number of carbonyl (C=O) groups is 1. The molecule has 1 saturated heterocycles. The number of rotatable bonds is 3. The number of aromatic nitrogens is 1. The van der Waals surface area contributed by atoms with Crippen LogP contribution in [0.5, 0.6) is 0 Å². The molecule has 0 amide bonds. The van der Waals surface area contributed by atoms with E-state index in [-0.39, 0.29) is 23.4 Å². The molecule has 2 aromatic rings. The lowest BCUT2D eigenvalue weighted by Gasteiger charge is -2.32. The van der Waals surface area contributed by atoms with Crippen molar-refractivity contribution in [3.8, 4) is 0 Å². The number of amidine groups is 1. The lowest BCUT2D eigenvalue weighted by atomic mass is 9.97. The van der Waals surface area contributed by atoms with E-state index >= 15 is 0 Å². The van der Waals surface area contributed by atoms with Crippen molar-refractivity contribution in [2.24, 2.45) is 10.3 Å². The molecular formula is C19H19N3O4S. The van der Waals surface area contributed by atoms with Crippen molar-refractivity contribution in [2.45, 2.75) is 24.3 Å². The number of benzene rings is 1. The van der Waals surface area contributed by atoms with E-state index in [0.717, 1.165) is 6.42 Å². The molecule has 7 nitrogen and oxygen atoms in total. The molecule has 4 rings (SSSR count). The highest BCUT2D eigenvalue weighted by molar-refractivity contribution is 7.90. The summed E-state index contributed by atoms with van der Waals surface area (Å²) in [6.45, 7) is 1.19. The van der Waals surface area contributed by atoms with E-state index in [9.17, 15) is 13.2 Å². The summed E-state index contributed by atoms with van der Waals surface area (Å²) in [7, 11) is -3.67. The van der Waals surface area contributed by atoms with Crippen molar-refractivity contribution in [1.82, 2.24) is 9.88 Å². The van der Waals surface area contributed by atoms with Gasteiger partial charge in [-0.2, -0.15) is 8.42 Å². The monoisotopic (exact) mass is 385 g/mol. The fourth-order valence-electron chi connectivity index (χ4n) is 3.42. The van der Waals surface area contributed by atoms with Crippen LogP contribution in [0.1, 0.15) is 24.1 Å². The van der Waals surface area contributed by atoms with Crippen LogP contribution in [0.2, 0.25) is 0 Å². The number of fused-ring (bicyclic) bond motifs is 1. The minimum Gasteiger partial charge on any atom is -0.459 e. The van der Waals surface area contributed by atoms with Crippen molar-refractivity contribution >= 4 is 21.8 Å². The molecule has 140 valence electrons. The van der Waals surface area contributed by atoms with E-state index in [0.29, 0.717) is 36.6 Å². The summed E-state index contributed by atoms with van der Waals surface area (Å²) in [6, 6.07) is 12.2. The minimum absolute atomic E-state index is 0.133. The van der Waals surface area contributed by atoms with Gasteiger partial charge in [0.15, 0.2) is 5.84 Å². The molecule has 1 fully saturated rings. The molecule has 0 radical (unpaired) electrons. The van der Waals surface area contributed by atoms with Gasteiger partial charge in [0, 0.05) is 24.8 Å². The number of piperidine rings is 1. The predicted octanol–water partition coefficient (Wildman–Crippen LogP) is 1.99. The Bertz CT molecular complexity index is 989. The molecule has 2 aliphatic heterocycles. The lowest BCUT2D eigenvalue weighted by Crippen LogP contribution is -2.42. The number of nitrogens with zero attached hydrogens (tertiary/aromatic N) is 3. The zero-order chi connectivity index (χ0) is 18.9. The van der Waals surface area contributed by atoms with Crippen molar-refractivity contribution in [3.05, 3.63) is 59.9 Å². The van der Waals surface area contributed by atoms with Crippen LogP contribution in [0.15, 0.2) is 58.0 Å². The topological polar surface area (TPSA) is 88.9 Å². The molecule has 0 bridgehead atoms. The minimum atomic E-state index is -3.67. The fraction of sp³-hybridized carbons (Fsp3) is 0.316. The highest BCUT2D eigenvalue weighted by atomic mass is 32.2. The van der Waals surface area contributed by atoms with Gasteiger partial charge in [0.05, 0.1) is 11.6 Å². The van der Waals surface area contributed by atoms with E-state index in [2.05, 4.69) is 9.38 Å². The fourth-order valence-corrected chi connectivity index (χ4v) is 4.65. The van der Waals surface area contributed by atoms with Gasteiger partial charge in [-0.15, -0.1) is 4.40 Å². The van der Waals surface area contributed by atoms with Gasteiger partial charge in [0.25, 0.3) is 10.0 Å². The van der Waals surface area contributed by atoms with Crippen molar-refractivity contribution in [2.75, 3.05) is 13.1 Å². The third-order valence-electron chi connectivity index (χ3n) is 4.76. The quantitative estimate of drug-likeness (QED) is 0.751. The Morgan fingerprint density at radius 1 is 1.19 bits per heavy atom. The first-order chi connectivity index (χ1) is 13.0. The van der Waals surface area contributed by atoms with Crippen LogP contribution in [-0.2, 0) is 26.2 Å². The second-order valence-electron chi connectivity index (χ2n) is 6.60. The van der Waals surface area contributed by atoms with E-state index in [4.69, 9.17) is 4.74 Å². The molecule has 0 aliphatic carbocycles. The van der Waals surface area contributed by atoms with Crippen LogP contribution in [0.4, 0.5) is 0 Å². The average Bonchev–Trinajstić information content (AvgIpc) is 2.98. The van der Waals surface area contributed by atoms with Gasteiger partial charge in [0.2, 0.25) is 0 Å². The standard InChI is InChI=1S/C19H19N3O4S/c23-19(26-13-15-7-3-4-10-20-15)14-6-5-11-22(12-14)18-16-8-1-2-9-17(16)27(24,25)21-18/h1-4,7-10,14H,5-6,11-13H2. The molecular weight excluding hydrogens is 366 g/mol. The molecule has 1 unspecified atom stereocenters. The summed E-state index contributed by atoms with van der Waals surface area (Å²) in [5.41, 5.74) is 1.29. The average molecular weight is 385 g/mol. The normalized spacial score (nSPS) is 20.7. The number of hydrogen-bond donors (Lipinski definition) is 0.